The van der Waals surface area contributed by atoms with Gasteiger partial charge in [-0.15, -0.1) is 10.2 Å². The molecule has 0 saturated heterocycles. The molecule has 0 aliphatic carbocycles. The van der Waals surface area contributed by atoms with E-state index in [4.69, 9.17) is 9.72 Å². The normalized spacial score (nSPS) is 11.6. The molecule has 3 aromatic carbocycles. The second-order valence-electron chi connectivity index (χ2n) is 8.39. The SMILES string of the molecule is CCn1c(O)c(N=NC(=O)c2cc(-c3ccc(Br)cc3)nc3ccc(C)cc23)c2cc(OC)ccc21. The van der Waals surface area contributed by atoms with Gasteiger partial charge in [-0.3, -0.25) is 4.79 Å². The van der Waals surface area contributed by atoms with Crippen molar-refractivity contribution in [1.29, 1.82) is 0 Å². The maximum absolute atomic E-state index is 13.4. The molecule has 0 fully saturated rings. The van der Waals surface area contributed by atoms with Crippen LogP contribution in [0.1, 0.15) is 22.8 Å². The van der Waals surface area contributed by atoms with Crippen LogP contribution in [0.2, 0.25) is 0 Å². The highest BCUT2D eigenvalue weighted by Crippen LogP contribution is 2.40. The monoisotopic (exact) mass is 542 g/mol. The molecule has 0 bridgehead atoms. The van der Waals surface area contributed by atoms with E-state index in [-0.39, 0.29) is 11.6 Å². The van der Waals surface area contributed by atoms with Gasteiger partial charge in [-0.05, 0) is 62.4 Å². The Hall–Kier alpha value is -4.04. The first-order valence-corrected chi connectivity index (χ1v) is 12.2. The number of aromatic nitrogens is 2. The summed E-state index contributed by atoms with van der Waals surface area (Å²) in [4.78, 5) is 18.2. The summed E-state index contributed by atoms with van der Waals surface area (Å²) in [6, 6.07) is 20.7. The highest BCUT2D eigenvalue weighted by molar-refractivity contribution is 9.10. The summed E-state index contributed by atoms with van der Waals surface area (Å²) in [5.74, 6) is 0.0441. The number of hydrogen-bond donors (Lipinski definition) is 1. The summed E-state index contributed by atoms with van der Waals surface area (Å²) in [7, 11) is 1.57. The van der Waals surface area contributed by atoms with Gasteiger partial charge in [0.1, 0.15) is 5.75 Å². The van der Waals surface area contributed by atoms with Gasteiger partial charge in [0.05, 0.1) is 29.4 Å². The number of halogens is 1. The molecule has 36 heavy (non-hydrogen) atoms. The van der Waals surface area contributed by atoms with E-state index in [0.29, 0.717) is 39.8 Å². The van der Waals surface area contributed by atoms with Gasteiger partial charge in [0.2, 0.25) is 5.88 Å². The Morgan fingerprint density at radius 2 is 1.83 bits per heavy atom. The quantitative estimate of drug-likeness (QED) is 0.231. The minimum absolute atomic E-state index is 0.0525. The lowest BCUT2D eigenvalue weighted by atomic mass is 10.0. The van der Waals surface area contributed by atoms with E-state index in [1.807, 2.05) is 68.4 Å². The van der Waals surface area contributed by atoms with Crippen molar-refractivity contribution in [1.82, 2.24) is 9.55 Å². The minimum atomic E-state index is -0.522. The highest BCUT2D eigenvalue weighted by atomic mass is 79.9. The van der Waals surface area contributed by atoms with Crippen molar-refractivity contribution in [2.75, 3.05) is 7.11 Å². The van der Waals surface area contributed by atoms with Crippen molar-refractivity contribution >= 4 is 49.3 Å². The molecule has 0 atom stereocenters. The molecule has 0 saturated carbocycles. The molecule has 2 heterocycles. The van der Waals surface area contributed by atoms with Gasteiger partial charge < -0.3 is 14.4 Å². The van der Waals surface area contributed by atoms with Crippen LogP contribution in [0.15, 0.2) is 81.4 Å². The third-order valence-corrected chi connectivity index (χ3v) is 6.64. The summed E-state index contributed by atoms with van der Waals surface area (Å²) in [5.41, 5.74) is 4.62. The van der Waals surface area contributed by atoms with Crippen LogP contribution in [0, 0.1) is 6.92 Å². The van der Waals surface area contributed by atoms with E-state index >= 15 is 0 Å². The van der Waals surface area contributed by atoms with Crippen LogP contribution in [-0.4, -0.2) is 27.7 Å². The molecule has 1 amide bonds. The van der Waals surface area contributed by atoms with Crippen molar-refractivity contribution in [2.24, 2.45) is 10.2 Å². The molecule has 0 unspecified atom stereocenters. The number of carbonyl (C=O) groups is 1. The molecule has 8 heteroatoms. The topological polar surface area (TPSA) is 89.1 Å². The Kier molecular flexibility index (Phi) is 6.28. The maximum atomic E-state index is 13.4. The van der Waals surface area contributed by atoms with Crippen molar-refractivity contribution in [2.45, 2.75) is 20.4 Å². The number of rotatable bonds is 5. The Morgan fingerprint density at radius 1 is 1.06 bits per heavy atom. The Bertz CT molecular complexity index is 1660. The number of ether oxygens (including phenoxy) is 1. The number of benzene rings is 3. The first-order chi connectivity index (χ1) is 17.4. The summed E-state index contributed by atoms with van der Waals surface area (Å²) in [6.07, 6.45) is 0. The molecule has 2 aromatic heterocycles. The van der Waals surface area contributed by atoms with Crippen molar-refractivity contribution in [3.63, 3.8) is 0 Å². The van der Waals surface area contributed by atoms with Crippen LogP contribution in [0.3, 0.4) is 0 Å². The largest absolute Gasteiger partial charge is 0.497 e. The van der Waals surface area contributed by atoms with Gasteiger partial charge in [0.15, 0.2) is 5.69 Å². The molecular formula is C28H23BrN4O3. The van der Waals surface area contributed by atoms with Crippen molar-refractivity contribution < 1.29 is 14.6 Å². The number of fused-ring (bicyclic) bond motifs is 2. The first kappa shape index (κ1) is 23.7. The number of carbonyl (C=O) groups excluding carboxylic acids is 1. The van der Waals surface area contributed by atoms with E-state index in [1.165, 1.54) is 0 Å². The van der Waals surface area contributed by atoms with E-state index in [1.54, 1.807) is 23.8 Å². The predicted molar refractivity (Wildman–Crippen MR) is 144 cm³/mol. The third kappa shape index (κ3) is 4.24. The number of aromatic hydroxyl groups is 1. The van der Waals surface area contributed by atoms with Gasteiger partial charge in [-0.25, -0.2) is 4.98 Å². The van der Waals surface area contributed by atoms with Gasteiger partial charge in [-0.2, -0.15) is 0 Å². The average molecular weight is 543 g/mol. The summed E-state index contributed by atoms with van der Waals surface area (Å²) in [6.45, 7) is 4.41. The molecule has 0 aliphatic heterocycles. The number of aryl methyl sites for hydroxylation is 2. The lowest BCUT2D eigenvalue weighted by molar-refractivity contribution is 0.0996. The van der Waals surface area contributed by atoms with Crippen molar-refractivity contribution in [3.05, 3.63) is 82.3 Å². The number of hydrogen-bond acceptors (Lipinski definition) is 5. The number of nitrogens with zero attached hydrogens (tertiary/aromatic N) is 4. The van der Waals surface area contributed by atoms with E-state index < -0.39 is 5.91 Å². The van der Waals surface area contributed by atoms with Crippen LogP contribution >= 0.6 is 15.9 Å². The van der Waals surface area contributed by atoms with E-state index in [2.05, 4.69) is 26.2 Å². The zero-order valence-electron chi connectivity index (χ0n) is 20.0. The maximum Gasteiger partial charge on any atom is 0.296 e. The molecule has 0 radical (unpaired) electrons. The van der Waals surface area contributed by atoms with Gasteiger partial charge in [0, 0.05) is 27.4 Å². The van der Waals surface area contributed by atoms with E-state index in [0.717, 1.165) is 21.1 Å². The number of pyridine rings is 1. The fourth-order valence-electron chi connectivity index (χ4n) is 4.28. The van der Waals surface area contributed by atoms with E-state index in [9.17, 15) is 9.90 Å². The smallest absolute Gasteiger partial charge is 0.296 e. The molecule has 7 nitrogen and oxygen atoms in total. The summed E-state index contributed by atoms with van der Waals surface area (Å²) in [5, 5.41) is 20.4. The van der Waals surface area contributed by atoms with Crippen LogP contribution in [0.5, 0.6) is 11.6 Å². The molecular weight excluding hydrogens is 520 g/mol. The average Bonchev–Trinajstić information content (AvgIpc) is 3.16. The minimum Gasteiger partial charge on any atom is -0.497 e. The molecule has 0 aliphatic rings. The summed E-state index contributed by atoms with van der Waals surface area (Å²) < 4.78 is 8.00. The van der Waals surface area contributed by atoms with Crippen molar-refractivity contribution in [3.8, 4) is 22.9 Å². The Labute approximate surface area is 216 Å². The predicted octanol–water partition coefficient (Wildman–Crippen LogP) is 7.59. The Morgan fingerprint density at radius 3 is 2.56 bits per heavy atom. The van der Waals surface area contributed by atoms with Crippen LogP contribution in [0.25, 0.3) is 33.1 Å². The lowest BCUT2D eigenvalue weighted by Crippen LogP contribution is -1.99. The van der Waals surface area contributed by atoms with Crippen LogP contribution in [-0.2, 0) is 6.54 Å². The number of azo groups is 1. The lowest BCUT2D eigenvalue weighted by Gasteiger charge is -2.08. The molecule has 5 aromatic rings. The van der Waals surface area contributed by atoms with Crippen LogP contribution < -0.4 is 4.74 Å². The molecule has 1 N–H and O–H groups in total. The Balaban J connectivity index is 1.63. The van der Waals surface area contributed by atoms with Crippen LogP contribution in [0.4, 0.5) is 5.69 Å². The number of methoxy groups -OCH3 is 1. The summed E-state index contributed by atoms with van der Waals surface area (Å²) >= 11 is 3.45. The number of amides is 1. The van der Waals surface area contributed by atoms with Gasteiger partial charge in [-0.1, -0.05) is 39.7 Å². The fourth-order valence-corrected chi connectivity index (χ4v) is 4.55. The third-order valence-electron chi connectivity index (χ3n) is 6.11. The highest BCUT2D eigenvalue weighted by Gasteiger charge is 2.19. The van der Waals surface area contributed by atoms with Gasteiger partial charge in [0.25, 0.3) is 5.91 Å². The second-order valence-corrected chi connectivity index (χ2v) is 9.30. The standard InChI is InChI=1S/C28H23BrN4O3/c1-4-33-25-12-10-19(36-3)14-22(25)26(28(33)35)31-32-27(34)21-15-24(17-6-8-18(29)9-7-17)30-23-11-5-16(2)13-20(21)23/h5-15,35H,4H2,1-3H3. The molecule has 180 valence electrons. The first-order valence-electron chi connectivity index (χ1n) is 11.4. The van der Waals surface area contributed by atoms with Gasteiger partial charge >= 0.3 is 0 Å². The molecule has 5 rings (SSSR count). The fraction of sp³-hybridized carbons (Fsp3) is 0.143. The second kappa shape index (κ2) is 9.54. The molecule has 0 spiro atoms. The zero-order chi connectivity index (χ0) is 25.4. The zero-order valence-corrected chi connectivity index (χ0v) is 21.6.